The second-order valence-corrected chi connectivity index (χ2v) is 3.78. The minimum atomic E-state index is -0.643. The summed E-state index contributed by atoms with van der Waals surface area (Å²) in [6.45, 7) is 0.193. The van der Waals surface area contributed by atoms with Gasteiger partial charge in [-0.2, -0.15) is 0 Å². The molecule has 0 aliphatic heterocycles. The molecule has 0 spiro atoms. The Balaban J connectivity index is 1.97. The zero-order valence-electron chi connectivity index (χ0n) is 9.41. The number of ether oxygens (including phenoxy) is 1. The average Bonchev–Trinajstić information content (AvgIpc) is 2.38. The monoisotopic (exact) mass is 229 g/mol. The van der Waals surface area contributed by atoms with Crippen LogP contribution >= 0.6 is 0 Å². The summed E-state index contributed by atoms with van der Waals surface area (Å²) in [6, 6.07) is 16.6. The number of para-hydroxylation sites is 2. The number of hydrogen-bond donors (Lipinski definition) is 2. The summed E-state index contributed by atoms with van der Waals surface area (Å²) in [5, 5.41) is 9.91. The van der Waals surface area contributed by atoms with Crippen LogP contribution in [-0.4, -0.2) is 11.7 Å². The van der Waals surface area contributed by atoms with Gasteiger partial charge in [-0.05, 0) is 17.7 Å². The molecule has 0 amide bonds. The molecule has 1 atom stereocenters. The summed E-state index contributed by atoms with van der Waals surface area (Å²) in [5.74, 6) is 0.600. The van der Waals surface area contributed by atoms with Gasteiger partial charge in [0.05, 0.1) is 5.69 Å². The van der Waals surface area contributed by atoms with Crippen LogP contribution in [0.5, 0.6) is 5.75 Å². The quantitative estimate of drug-likeness (QED) is 0.791. The molecule has 1 unspecified atom stereocenters. The molecular formula is C14H15NO2. The topological polar surface area (TPSA) is 55.5 Å². The molecule has 0 aliphatic carbocycles. The van der Waals surface area contributed by atoms with E-state index in [2.05, 4.69) is 0 Å². The lowest BCUT2D eigenvalue weighted by atomic mass is 10.1. The van der Waals surface area contributed by atoms with Crippen LogP contribution in [0.3, 0.4) is 0 Å². The fourth-order valence-corrected chi connectivity index (χ4v) is 1.55. The van der Waals surface area contributed by atoms with Gasteiger partial charge in [0, 0.05) is 0 Å². The highest BCUT2D eigenvalue weighted by atomic mass is 16.5. The molecule has 17 heavy (non-hydrogen) atoms. The van der Waals surface area contributed by atoms with Gasteiger partial charge >= 0.3 is 0 Å². The molecule has 0 heterocycles. The van der Waals surface area contributed by atoms with Crippen molar-refractivity contribution in [1.82, 2.24) is 0 Å². The first-order valence-corrected chi connectivity index (χ1v) is 5.47. The maximum absolute atomic E-state index is 9.91. The third-order valence-corrected chi connectivity index (χ3v) is 2.50. The number of benzene rings is 2. The highest BCUT2D eigenvalue weighted by Gasteiger charge is 2.08. The first kappa shape index (κ1) is 11.5. The van der Waals surface area contributed by atoms with Gasteiger partial charge in [-0.15, -0.1) is 0 Å². The summed E-state index contributed by atoms with van der Waals surface area (Å²) in [5.41, 5.74) is 7.15. The molecule has 0 aliphatic rings. The Bertz CT molecular complexity index is 471. The number of aliphatic hydroxyl groups is 1. The van der Waals surface area contributed by atoms with Gasteiger partial charge in [-0.25, -0.2) is 0 Å². The van der Waals surface area contributed by atoms with E-state index >= 15 is 0 Å². The first-order valence-electron chi connectivity index (χ1n) is 5.47. The van der Waals surface area contributed by atoms with Crippen molar-refractivity contribution >= 4 is 5.69 Å². The van der Waals surface area contributed by atoms with Crippen molar-refractivity contribution in [2.75, 3.05) is 12.3 Å². The van der Waals surface area contributed by atoms with Gasteiger partial charge in [-0.3, -0.25) is 0 Å². The first-order chi connectivity index (χ1) is 8.27. The smallest absolute Gasteiger partial charge is 0.142 e. The maximum Gasteiger partial charge on any atom is 0.142 e. The number of nitrogen functional groups attached to an aromatic ring is 1. The van der Waals surface area contributed by atoms with E-state index in [1.165, 1.54) is 0 Å². The van der Waals surface area contributed by atoms with Gasteiger partial charge in [0.15, 0.2) is 0 Å². The van der Waals surface area contributed by atoms with E-state index in [1.54, 1.807) is 12.1 Å². The maximum atomic E-state index is 9.91. The van der Waals surface area contributed by atoms with Crippen LogP contribution in [0.15, 0.2) is 54.6 Å². The lowest BCUT2D eigenvalue weighted by molar-refractivity contribution is 0.108. The number of hydrogen-bond acceptors (Lipinski definition) is 3. The van der Waals surface area contributed by atoms with Crippen LogP contribution in [0.1, 0.15) is 11.7 Å². The van der Waals surface area contributed by atoms with Gasteiger partial charge in [-0.1, -0.05) is 42.5 Å². The number of nitrogens with two attached hydrogens (primary N) is 1. The lowest BCUT2D eigenvalue weighted by Gasteiger charge is -2.13. The molecule has 3 nitrogen and oxygen atoms in total. The normalized spacial score (nSPS) is 12.1. The van der Waals surface area contributed by atoms with Crippen molar-refractivity contribution in [3.8, 4) is 5.75 Å². The highest BCUT2D eigenvalue weighted by Crippen LogP contribution is 2.21. The number of rotatable bonds is 4. The lowest BCUT2D eigenvalue weighted by Crippen LogP contribution is -2.10. The van der Waals surface area contributed by atoms with Crippen LogP contribution in [0.4, 0.5) is 5.69 Å². The second kappa shape index (κ2) is 5.37. The molecular weight excluding hydrogens is 214 g/mol. The van der Waals surface area contributed by atoms with E-state index in [0.717, 1.165) is 5.56 Å². The summed E-state index contributed by atoms with van der Waals surface area (Å²) < 4.78 is 5.48. The minimum absolute atomic E-state index is 0.193. The molecule has 88 valence electrons. The van der Waals surface area contributed by atoms with E-state index in [1.807, 2.05) is 42.5 Å². The summed E-state index contributed by atoms with van der Waals surface area (Å²) >= 11 is 0. The predicted molar refractivity (Wildman–Crippen MR) is 67.8 cm³/mol. The Hall–Kier alpha value is -2.00. The van der Waals surface area contributed by atoms with Gasteiger partial charge in [0.2, 0.25) is 0 Å². The minimum Gasteiger partial charge on any atom is -0.488 e. The van der Waals surface area contributed by atoms with Crippen LogP contribution in [0, 0.1) is 0 Å². The van der Waals surface area contributed by atoms with E-state index in [-0.39, 0.29) is 6.61 Å². The Labute approximate surface area is 100 Å². The Morgan fingerprint density at radius 2 is 1.65 bits per heavy atom. The molecule has 2 aromatic rings. The van der Waals surface area contributed by atoms with E-state index < -0.39 is 6.10 Å². The Kier molecular flexibility index (Phi) is 3.62. The fraction of sp³-hybridized carbons (Fsp3) is 0.143. The fourth-order valence-electron chi connectivity index (χ4n) is 1.55. The Morgan fingerprint density at radius 3 is 2.35 bits per heavy atom. The number of anilines is 1. The van der Waals surface area contributed by atoms with E-state index in [0.29, 0.717) is 11.4 Å². The van der Waals surface area contributed by atoms with E-state index in [9.17, 15) is 5.11 Å². The molecule has 0 aromatic heterocycles. The molecule has 2 rings (SSSR count). The van der Waals surface area contributed by atoms with E-state index in [4.69, 9.17) is 10.5 Å². The van der Waals surface area contributed by atoms with Crippen LogP contribution in [-0.2, 0) is 0 Å². The summed E-state index contributed by atoms with van der Waals surface area (Å²) in [7, 11) is 0. The van der Waals surface area contributed by atoms with Crippen molar-refractivity contribution < 1.29 is 9.84 Å². The molecule has 3 heteroatoms. The third kappa shape index (κ3) is 2.98. The van der Waals surface area contributed by atoms with Crippen LogP contribution in [0.2, 0.25) is 0 Å². The molecule has 0 saturated carbocycles. The number of aliphatic hydroxyl groups excluding tert-OH is 1. The molecule has 0 radical (unpaired) electrons. The van der Waals surface area contributed by atoms with Crippen LogP contribution in [0.25, 0.3) is 0 Å². The van der Waals surface area contributed by atoms with Gasteiger partial charge < -0.3 is 15.6 Å². The average molecular weight is 229 g/mol. The zero-order chi connectivity index (χ0) is 12.1. The molecule has 3 N–H and O–H groups in total. The summed E-state index contributed by atoms with van der Waals surface area (Å²) in [4.78, 5) is 0. The zero-order valence-corrected chi connectivity index (χ0v) is 9.41. The van der Waals surface area contributed by atoms with Crippen molar-refractivity contribution in [1.29, 1.82) is 0 Å². The second-order valence-electron chi connectivity index (χ2n) is 3.78. The van der Waals surface area contributed by atoms with Crippen molar-refractivity contribution in [2.24, 2.45) is 0 Å². The third-order valence-electron chi connectivity index (χ3n) is 2.50. The van der Waals surface area contributed by atoms with Gasteiger partial charge in [0.1, 0.15) is 18.5 Å². The molecule has 0 saturated heterocycles. The predicted octanol–water partition coefficient (Wildman–Crippen LogP) is 2.38. The molecule has 0 bridgehead atoms. The largest absolute Gasteiger partial charge is 0.488 e. The van der Waals surface area contributed by atoms with Crippen molar-refractivity contribution in [2.45, 2.75) is 6.10 Å². The van der Waals surface area contributed by atoms with Gasteiger partial charge in [0.25, 0.3) is 0 Å². The standard InChI is InChI=1S/C14H15NO2/c15-12-8-4-5-9-14(12)17-10-13(16)11-6-2-1-3-7-11/h1-9,13,16H,10,15H2. The molecule has 2 aromatic carbocycles. The van der Waals surface area contributed by atoms with Crippen molar-refractivity contribution in [3.05, 3.63) is 60.2 Å². The SMILES string of the molecule is Nc1ccccc1OCC(O)c1ccccc1. The van der Waals surface area contributed by atoms with Crippen LogP contribution < -0.4 is 10.5 Å². The Morgan fingerprint density at radius 1 is 1.00 bits per heavy atom. The van der Waals surface area contributed by atoms with Crippen molar-refractivity contribution in [3.63, 3.8) is 0 Å². The highest BCUT2D eigenvalue weighted by molar-refractivity contribution is 5.51. The summed E-state index contributed by atoms with van der Waals surface area (Å²) in [6.07, 6.45) is -0.643. The molecule has 0 fully saturated rings.